The standard InChI is InChI=1S/C15H12N6O2/c16-15-18-10(9-23-11-3-5-17-6-4-11)8-13-19-14(20-21(13)15)12-2-1-7-22-12/h1-8H,9H2,(H2,16,18). The van der Waals surface area contributed by atoms with Gasteiger partial charge in [0.1, 0.15) is 12.4 Å². The van der Waals surface area contributed by atoms with Gasteiger partial charge >= 0.3 is 0 Å². The van der Waals surface area contributed by atoms with E-state index in [0.29, 0.717) is 28.7 Å². The summed E-state index contributed by atoms with van der Waals surface area (Å²) in [7, 11) is 0. The molecular weight excluding hydrogens is 296 g/mol. The minimum absolute atomic E-state index is 0.237. The first-order valence-electron chi connectivity index (χ1n) is 6.88. The fraction of sp³-hybridized carbons (Fsp3) is 0.0667. The van der Waals surface area contributed by atoms with Crippen molar-refractivity contribution >= 4 is 11.6 Å². The molecule has 23 heavy (non-hydrogen) atoms. The van der Waals surface area contributed by atoms with Crippen molar-refractivity contribution in [1.82, 2.24) is 24.6 Å². The van der Waals surface area contributed by atoms with Crippen LogP contribution in [0.1, 0.15) is 5.69 Å². The summed E-state index contributed by atoms with van der Waals surface area (Å²) in [5.41, 5.74) is 7.18. The minimum atomic E-state index is 0.237. The van der Waals surface area contributed by atoms with Gasteiger partial charge in [0.2, 0.25) is 11.8 Å². The van der Waals surface area contributed by atoms with Gasteiger partial charge in [0.25, 0.3) is 0 Å². The summed E-state index contributed by atoms with van der Waals surface area (Å²) in [6.45, 7) is 0.271. The van der Waals surface area contributed by atoms with E-state index in [1.807, 2.05) is 0 Å². The Morgan fingerprint density at radius 1 is 1.17 bits per heavy atom. The molecule has 0 aliphatic carbocycles. The number of anilines is 1. The van der Waals surface area contributed by atoms with Crippen molar-refractivity contribution < 1.29 is 9.15 Å². The molecule has 8 nitrogen and oxygen atoms in total. The van der Waals surface area contributed by atoms with Crippen LogP contribution in [0.2, 0.25) is 0 Å². The lowest BCUT2D eigenvalue weighted by molar-refractivity contribution is 0.301. The van der Waals surface area contributed by atoms with Gasteiger partial charge in [-0.05, 0) is 24.3 Å². The Kier molecular flexibility index (Phi) is 3.12. The van der Waals surface area contributed by atoms with Crippen molar-refractivity contribution in [2.24, 2.45) is 0 Å². The van der Waals surface area contributed by atoms with E-state index in [4.69, 9.17) is 14.9 Å². The molecule has 2 N–H and O–H groups in total. The van der Waals surface area contributed by atoms with Crippen molar-refractivity contribution in [3.8, 4) is 17.3 Å². The van der Waals surface area contributed by atoms with E-state index in [1.54, 1.807) is 49.0 Å². The zero-order valence-corrected chi connectivity index (χ0v) is 12.0. The smallest absolute Gasteiger partial charge is 0.223 e. The zero-order chi connectivity index (χ0) is 15.6. The number of nitrogen functional groups attached to an aromatic ring is 1. The molecule has 0 amide bonds. The van der Waals surface area contributed by atoms with Gasteiger partial charge in [-0.3, -0.25) is 4.98 Å². The van der Waals surface area contributed by atoms with Crippen LogP contribution in [0.3, 0.4) is 0 Å². The molecule has 4 aromatic rings. The molecule has 0 saturated heterocycles. The third-order valence-corrected chi connectivity index (χ3v) is 3.18. The van der Waals surface area contributed by atoms with Gasteiger partial charge in [-0.2, -0.15) is 4.52 Å². The lowest BCUT2D eigenvalue weighted by Gasteiger charge is -2.06. The topological polar surface area (TPSA) is 104 Å². The number of pyridine rings is 1. The average molecular weight is 308 g/mol. The van der Waals surface area contributed by atoms with E-state index in [0.717, 1.165) is 0 Å². The fourth-order valence-electron chi connectivity index (χ4n) is 2.14. The van der Waals surface area contributed by atoms with Gasteiger partial charge in [0.05, 0.1) is 12.0 Å². The number of rotatable bonds is 4. The number of ether oxygens (including phenoxy) is 1. The number of hydrogen-bond donors (Lipinski definition) is 1. The van der Waals surface area contributed by atoms with Crippen LogP contribution in [0.15, 0.2) is 53.4 Å². The molecule has 0 bridgehead atoms. The molecule has 4 heterocycles. The molecule has 0 fully saturated rings. The molecule has 0 spiro atoms. The summed E-state index contributed by atoms with van der Waals surface area (Å²) in [6.07, 6.45) is 4.89. The molecule has 0 aliphatic rings. The third kappa shape index (κ3) is 2.57. The van der Waals surface area contributed by atoms with Crippen LogP contribution < -0.4 is 10.5 Å². The Morgan fingerprint density at radius 2 is 2.04 bits per heavy atom. The van der Waals surface area contributed by atoms with Gasteiger partial charge < -0.3 is 14.9 Å². The maximum Gasteiger partial charge on any atom is 0.223 e. The van der Waals surface area contributed by atoms with Crippen LogP contribution in [0.4, 0.5) is 5.95 Å². The number of nitrogens with zero attached hydrogens (tertiary/aromatic N) is 5. The Morgan fingerprint density at radius 3 is 2.83 bits per heavy atom. The van der Waals surface area contributed by atoms with Gasteiger partial charge in [-0.15, -0.1) is 5.10 Å². The summed E-state index contributed by atoms with van der Waals surface area (Å²) in [6, 6.07) is 8.88. The summed E-state index contributed by atoms with van der Waals surface area (Å²) in [5, 5.41) is 4.29. The Bertz CT molecular complexity index is 933. The molecule has 0 aromatic carbocycles. The molecule has 0 radical (unpaired) electrons. The third-order valence-electron chi connectivity index (χ3n) is 3.18. The highest BCUT2D eigenvalue weighted by Crippen LogP contribution is 2.18. The molecule has 0 saturated carbocycles. The van der Waals surface area contributed by atoms with E-state index in [-0.39, 0.29) is 12.6 Å². The highest BCUT2D eigenvalue weighted by Gasteiger charge is 2.12. The number of hydrogen-bond acceptors (Lipinski definition) is 7. The fourth-order valence-corrected chi connectivity index (χ4v) is 2.14. The van der Waals surface area contributed by atoms with Crippen LogP contribution in [-0.4, -0.2) is 24.6 Å². The van der Waals surface area contributed by atoms with Crippen LogP contribution >= 0.6 is 0 Å². The lowest BCUT2D eigenvalue weighted by atomic mass is 10.4. The van der Waals surface area contributed by atoms with Crippen molar-refractivity contribution in [1.29, 1.82) is 0 Å². The summed E-state index contributed by atoms with van der Waals surface area (Å²) in [4.78, 5) is 12.6. The van der Waals surface area contributed by atoms with Crippen LogP contribution in [-0.2, 0) is 6.61 Å². The van der Waals surface area contributed by atoms with Crippen molar-refractivity contribution in [2.75, 3.05) is 5.73 Å². The number of nitrogens with two attached hydrogens (primary N) is 1. The first-order chi connectivity index (χ1) is 11.3. The minimum Gasteiger partial charge on any atom is -0.487 e. The van der Waals surface area contributed by atoms with E-state index >= 15 is 0 Å². The Hall–Kier alpha value is -3.42. The summed E-state index contributed by atoms with van der Waals surface area (Å²) in [5.74, 6) is 1.97. The highest BCUT2D eigenvalue weighted by molar-refractivity contribution is 5.54. The molecule has 0 unspecified atom stereocenters. The monoisotopic (exact) mass is 308 g/mol. The molecule has 0 atom stereocenters. The van der Waals surface area contributed by atoms with Crippen LogP contribution in [0, 0.1) is 0 Å². The zero-order valence-electron chi connectivity index (χ0n) is 12.0. The Labute approximate surface area is 130 Å². The highest BCUT2D eigenvalue weighted by atomic mass is 16.5. The normalized spacial score (nSPS) is 11.0. The van der Waals surface area contributed by atoms with Gasteiger partial charge in [-0.25, -0.2) is 9.97 Å². The molecule has 0 aliphatic heterocycles. The van der Waals surface area contributed by atoms with Crippen molar-refractivity contribution in [3.63, 3.8) is 0 Å². The molecule has 4 rings (SSSR count). The van der Waals surface area contributed by atoms with Gasteiger partial charge in [0, 0.05) is 18.5 Å². The molecular formula is C15H12N6O2. The van der Waals surface area contributed by atoms with E-state index in [9.17, 15) is 0 Å². The number of furan rings is 1. The summed E-state index contributed by atoms with van der Waals surface area (Å²) < 4.78 is 12.4. The van der Waals surface area contributed by atoms with Crippen LogP contribution in [0.25, 0.3) is 17.2 Å². The average Bonchev–Trinajstić information content (AvgIpc) is 3.23. The van der Waals surface area contributed by atoms with E-state index in [2.05, 4.69) is 20.1 Å². The van der Waals surface area contributed by atoms with Gasteiger partial charge in [0.15, 0.2) is 11.4 Å². The van der Waals surface area contributed by atoms with Crippen LogP contribution in [0.5, 0.6) is 5.75 Å². The summed E-state index contributed by atoms with van der Waals surface area (Å²) >= 11 is 0. The number of aromatic nitrogens is 5. The predicted octanol–water partition coefficient (Wildman–Crippen LogP) is 1.94. The maximum atomic E-state index is 5.95. The molecule has 4 aromatic heterocycles. The largest absolute Gasteiger partial charge is 0.487 e. The van der Waals surface area contributed by atoms with Gasteiger partial charge in [-0.1, -0.05) is 0 Å². The lowest BCUT2D eigenvalue weighted by Crippen LogP contribution is -2.06. The second-order valence-corrected chi connectivity index (χ2v) is 4.76. The second kappa shape index (κ2) is 5.41. The SMILES string of the molecule is Nc1nc(COc2ccncc2)cc2nc(-c3ccco3)nn12. The Balaban J connectivity index is 1.64. The van der Waals surface area contributed by atoms with Crippen molar-refractivity contribution in [2.45, 2.75) is 6.61 Å². The van der Waals surface area contributed by atoms with E-state index in [1.165, 1.54) is 4.52 Å². The first kappa shape index (κ1) is 13.3. The predicted molar refractivity (Wildman–Crippen MR) is 81.5 cm³/mol. The quantitative estimate of drug-likeness (QED) is 0.614. The van der Waals surface area contributed by atoms with Crippen molar-refractivity contribution in [3.05, 3.63) is 54.7 Å². The van der Waals surface area contributed by atoms with E-state index < -0.39 is 0 Å². The first-order valence-corrected chi connectivity index (χ1v) is 6.88. The number of fused-ring (bicyclic) bond motifs is 1. The second-order valence-electron chi connectivity index (χ2n) is 4.76. The molecule has 8 heteroatoms. The molecule has 114 valence electrons. The maximum absolute atomic E-state index is 5.95.